The molecule has 0 atom stereocenters. The number of hydrogen-bond donors (Lipinski definition) is 1. The zero-order valence-corrected chi connectivity index (χ0v) is 11.4. The van der Waals surface area contributed by atoms with Crippen LogP contribution in [-0.4, -0.2) is 17.6 Å². The van der Waals surface area contributed by atoms with E-state index < -0.39 is 0 Å². The van der Waals surface area contributed by atoms with E-state index in [0.29, 0.717) is 11.4 Å². The Hall–Kier alpha value is -1.78. The number of ether oxygens (including phenoxy) is 1. The van der Waals surface area contributed by atoms with Gasteiger partial charge in [-0.25, -0.2) is 0 Å². The third kappa shape index (κ3) is 3.84. The normalized spacial score (nSPS) is 14.5. The van der Waals surface area contributed by atoms with Gasteiger partial charge in [0.05, 0.1) is 11.0 Å². The molecule has 0 saturated heterocycles. The molecule has 104 valence electrons. The molecule has 1 aliphatic carbocycles. The average Bonchev–Trinajstić information content (AvgIpc) is 3.12. The van der Waals surface area contributed by atoms with E-state index >= 15 is 0 Å². The zero-order chi connectivity index (χ0) is 13.8. The highest BCUT2D eigenvalue weighted by molar-refractivity contribution is 5.68. The minimum Gasteiger partial charge on any atom is -0.484 e. The molecule has 0 aromatic heterocycles. The first kappa shape index (κ1) is 13.6. The van der Waals surface area contributed by atoms with Crippen LogP contribution in [0.3, 0.4) is 0 Å². The lowest BCUT2D eigenvalue weighted by Gasteiger charge is -2.13. The molecule has 0 amide bonds. The lowest BCUT2D eigenvalue weighted by Crippen LogP contribution is -2.10. The van der Waals surface area contributed by atoms with E-state index in [0.717, 1.165) is 18.9 Å². The first-order valence-electron chi connectivity index (χ1n) is 6.76. The molecule has 19 heavy (non-hydrogen) atoms. The number of nitro groups is 1. The first-order valence-corrected chi connectivity index (χ1v) is 6.76. The van der Waals surface area contributed by atoms with Gasteiger partial charge in [0, 0.05) is 6.54 Å². The molecule has 0 heterocycles. The van der Waals surface area contributed by atoms with Crippen molar-refractivity contribution in [2.24, 2.45) is 5.92 Å². The van der Waals surface area contributed by atoms with Crippen LogP contribution in [0.5, 0.6) is 5.75 Å². The number of nitrogens with one attached hydrogen (secondary N) is 1. The molecule has 2 rings (SSSR count). The summed E-state index contributed by atoms with van der Waals surface area (Å²) in [6.45, 7) is 4.49. The average molecular weight is 264 g/mol. The molecule has 0 radical (unpaired) electrons. The van der Waals surface area contributed by atoms with Crippen LogP contribution in [-0.2, 0) is 0 Å². The summed E-state index contributed by atoms with van der Waals surface area (Å²) in [5.41, 5.74) is 0.579. The van der Waals surface area contributed by atoms with E-state index in [4.69, 9.17) is 4.74 Å². The van der Waals surface area contributed by atoms with E-state index in [1.807, 2.05) is 13.8 Å². The van der Waals surface area contributed by atoms with Gasteiger partial charge >= 0.3 is 5.69 Å². The minimum atomic E-state index is -0.378. The zero-order valence-electron chi connectivity index (χ0n) is 11.4. The predicted molar refractivity (Wildman–Crippen MR) is 74.7 cm³/mol. The van der Waals surface area contributed by atoms with Crippen molar-refractivity contribution in [3.8, 4) is 5.75 Å². The summed E-state index contributed by atoms with van der Waals surface area (Å²) in [5.74, 6) is 1.14. The van der Waals surface area contributed by atoms with Gasteiger partial charge < -0.3 is 10.1 Å². The molecule has 5 nitrogen and oxygen atoms in total. The Bertz CT molecular complexity index is 456. The van der Waals surface area contributed by atoms with Gasteiger partial charge in [0.25, 0.3) is 0 Å². The highest BCUT2D eigenvalue weighted by Gasteiger charge is 2.23. The number of anilines is 1. The van der Waals surface area contributed by atoms with Gasteiger partial charge in [0.15, 0.2) is 5.75 Å². The fourth-order valence-electron chi connectivity index (χ4n) is 2.02. The molecule has 1 N–H and O–H groups in total. The molecule has 1 aliphatic rings. The highest BCUT2D eigenvalue weighted by Crippen LogP contribution is 2.36. The Kier molecular flexibility index (Phi) is 4.24. The van der Waals surface area contributed by atoms with Crippen molar-refractivity contribution in [2.75, 3.05) is 11.9 Å². The Morgan fingerprint density at radius 2 is 2.21 bits per heavy atom. The summed E-state index contributed by atoms with van der Waals surface area (Å²) in [6, 6.07) is 5.16. The molecule has 1 aromatic rings. The van der Waals surface area contributed by atoms with Crippen molar-refractivity contribution < 1.29 is 9.66 Å². The molecule has 1 fully saturated rings. The summed E-state index contributed by atoms with van der Waals surface area (Å²) in [6.07, 6.45) is 3.58. The monoisotopic (exact) mass is 264 g/mol. The predicted octanol–water partition coefficient (Wildman–Crippen LogP) is 3.59. The van der Waals surface area contributed by atoms with Crippen LogP contribution in [0.2, 0.25) is 0 Å². The molecular formula is C14H20N2O3. The Morgan fingerprint density at radius 3 is 2.79 bits per heavy atom. The van der Waals surface area contributed by atoms with E-state index in [9.17, 15) is 10.1 Å². The summed E-state index contributed by atoms with van der Waals surface area (Å²) in [5, 5.41) is 14.4. The summed E-state index contributed by atoms with van der Waals surface area (Å²) in [4.78, 5) is 10.8. The van der Waals surface area contributed by atoms with Gasteiger partial charge in [-0.3, -0.25) is 10.1 Å². The topological polar surface area (TPSA) is 64.4 Å². The number of rotatable bonds is 7. The quantitative estimate of drug-likeness (QED) is 0.603. The third-order valence-corrected chi connectivity index (χ3v) is 3.11. The molecule has 0 aliphatic heterocycles. The molecule has 0 bridgehead atoms. The lowest BCUT2D eigenvalue weighted by molar-refractivity contribution is -0.385. The first-order chi connectivity index (χ1) is 9.08. The van der Waals surface area contributed by atoms with Gasteiger partial charge in [-0.2, -0.15) is 0 Å². The molecule has 5 heteroatoms. The molecule has 0 unspecified atom stereocenters. The summed E-state index contributed by atoms with van der Waals surface area (Å²) < 4.78 is 5.51. The van der Waals surface area contributed by atoms with Crippen molar-refractivity contribution >= 4 is 11.4 Å². The van der Waals surface area contributed by atoms with E-state index in [1.165, 1.54) is 12.8 Å². The number of hydrogen-bond acceptors (Lipinski definition) is 4. The smallest absolute Gasteiger partial charge is 0.333 e. The van der Waals surface area contributed by atoms with Gasteiger partial charge in [-0.05, 0) is 38.3 Å². The summed E-state index contributed by atoms with van der Waals surface area (Å²) >= 11 is 0. The van der Waals surface area contributed by atoms with Crippen molar-refractivity contribution in [1.82, 2.24) is 0 Å². The summed E-state index contributed by atoms with van der Waals surface area (Å²) in [7, 11) is 0. The second-order valence-corrected chi connectivity index (χ2v) is 5.23. The Morgan fingerprint density at radius 1 is 1.47 bits per heavy atom. The number of benzene rings is 1. The fraction of sp³-hybridized carbons (Fsp3) is 0.571. The van der Waals surface area contributed by atoms with Gasteiger partial charge in [-0.1, -0.05) is 18.9 Å². The molecule has 1 saturated carbocycles. The minimum absolute atomic E-state index is 0.0343. The maximum Gasteiger partial charge on any atom is 0.333 e. The highest BCUT2D eigenvalue weighted by atomic mass is 16.6. The van der Waals surface area contributed by atoms with Crippen LogP contribution in [0.1, 0.15) is 33.1 Å². The van der Waals surface area contributed by atoms with E-state index in [-0.39, 0.29) is 16.7 Å². The maximum atomic E-state index is 11.2. The lowest BCUT2D eigenvalue weighted by atomic mass is 10.2. The van der Waals surface area contributed by atoms with Crippen LogP contribution < -0.4 is 10.1 Å². The number of nitrogens with zero attached hydrogens (tertiary/aromatic N) is 1. The van der Waals surface area contributed by atoms with Gasteiger partial charge in [0.2, 0.25) is 0 Å². The van der Waals surface area contributed by atoms with E-state index in [1.54, 1.807) is 18.2 Å². The molecular weight excluding hydrogens is 244 g/mol. The SMILES string of the molecule is CC(C)Oc1cccc(NCCC2CC2)c1[N+](=O)[O-]. The van der Waals surface area contributed by atoms with Crippen LogP contribution in [0, 0.1) is 16.0 Å². The second-order valence-electron chi connectivity index (χ2n) is 5.23. The number of nitro benzene ring substituents is 1. The van der Waals surface area contributed by atoms with Gasteiger partial charge in [0.1, 0.15) is 5.69 Å². The third-order valence-electron chi connectivity index (χ3n) is 3.11. The number of para-hydroxylation sites is 1. The molecule has 0 spiro atoms. The Balaban J connectivity index is 2.12. The van der Waals surface area contributed by atoms with Crippen molar-refractivity contribution in [1.29, 1.82) is 0 Å². The van der Waals surface area contributed by atoms with Crippen LogP contribution in [0.15, 0.2) is 18.2 Å². The maximum absolute atomic E-state index is 11.2. The van der Waals surface area contributed by atoms with E-state index in [2.05, 4.69) is 5.32 Å². The van der Waals surface area contributed by atoms with Crippen molar-refractivity contribution in [3.63, 3.8) is 0 Å². The standard InChI is InChI=1S/C14H20N2O3/c1-10(2)19-13-5-3-4-12(14(13)16(17)18)15-9-8-11-6-7-11/h3-5,10-11,15H,6-9H2,1-2H3. The molecule has 1 aromatic carbocycles. The second kappa shape index (κ2) is 5.91. The van der Waals surface area contributed by atoms with Gasteiger partial charge in [-0.15, -0.1) is 0 Å². The largest absolute Gasteiger partial charge is 0.484 e. The Labute approximate surface area is 113 Å². The van der Waals surface area contributed by atoms with Crippen molar-refractivity contribution in [2.45, 2.75) is 39.2 Å². The fourth-order valence-corrected chi connectivity index (χ4v) is 2.02. The van der Waals surface area contributed by atoms with Crippen molar-refractivity contribution in [3.05, 3.63) is 28.3 Å². The van der Waals surface area contributed by atoms with Crippen LogP contribution in [0.25, 0.3) is 0 Å². The van der Waals surface area contributed by atoms with Crippen LogP contribution >= 0.6 is 0 Å². The van der Waals surface area contributed by atoms with Crippen LogP contribution in [0.4, 0.5) is 11.4 Å².